The van der Waals surface area contributed by atoms with Crippen molar-refractivity contribution in [3.8, 4) is 0 Å². The SMILES string of the molecule is NCC(=O)N1CCC[C@@H](c2[nH]ncc2Cc2ccccc2)C1. The zero-order valence-corrected chi connectivity index (χ0v) is 12.7. The second kappa shape index (κ2) is 6.75. The fourth-order valence-electron chi connectivity index (χ4n) is 3.20. The molecule has 5 heteroatoms. The van der Waals surface area contributed by atoms with E-state index in [-0.39, 0.29) is 12.5 Å². The molecule has 0 bridgehead atoms. The molecular formula is C17H22N4O. The zero-order chi connectivity index (χ0) is 15.4. The Kier molecular flexibility index (Phi) is 4.53. The molecule has 1 aromatic carbocycles. The van der Waals surface area contributed by atoms with Gasteiger partial charge in [-0.3, -0.25) is 9.89 Å². The standard InChI is InChI=1S/C17H22N4O/c18-10-16(22)21-8-4-7-14(12-21)17-15(11-19-20-17)9-13-5-2-1-3-6-13/h1-3,5-6,11,14H,4,7-10,12,18H2,(H,19,20)/t14-/m1/s1. The van der Waals surface area contributed by atoms with Crippen LogP contribution in [0.1, 0.15) is 35.6 Å². The second-order valence-corrected chi connectivity index (χ2v) is 5.85. The summed E-state index contributed by atoms with van der Waals surface area (Å²) in [5.41, 5.74) is 9.15. The molecule has 5 nitrogen and oxygen atoms in total. The minimum Gasteiger partial charge on any atom is -0.341 e. The van der Waals surface area contributed by atoms with Gasteiger partial charge in [-0.2, -0.15) is 5.10 Å². The van der Waals surface area contributed by atoms with Gasteiger partial charge in [0.2, 0.25) is 5.91 Å². The summed E-state index contributed by atoms with van der Waals surface area (Å²) in [7, 11) is 0. The number of nitrogens with one attached hydrogen (secondary N) is 1. The van der Waals surface area contributed by atoms with Gasteiger partial charge in [-0.05, 0) is 24.0 Å². The smallest absolute Gasteiger partial charge is 0.236 e. The number of amides is 1. The summed E-state index contributed by atoms with van der Waals surface area (Å²) in [4.78, 5) is 13.7. The Balaban J connectivity index is 1.75. The van der Waals surface area contributed by atoms with E-state index in [2.05, 4.69) is 34.5 Å². The first kappa shape index (κ1) is 14.8. The molecule has 1 aliphatic heterocycles. The van der Waals surface area contributed by atoms with Crippen LogP contribution in [-0.2, 0) is 11.2 Å². The van der Waals surface area contributed by atoms with Crippen molar-refractivity contribution >= 4 is 5.91 Å². The van der Waals surface area contributed by atoms with E-state index in [0.29, 0.717) is 5.92 Å². The third-order valence-electron chi connectivity index (χ3n) is 4.35. The lowest BCUT2D eigenvalue weighted by Gasteiger charge is -2.32. The van der Waals surface area contributed by atoms with Crippen LogP contribution in [0.3, 0.4) is 0 Å². The number of H-pyrrole nitrogens is 1. The van der Waals surface area contributed by atoms with Crippen LogP contribution >= 0.6 is 0 Å². The maximum Gasteiger partial charge on any atom is 0.236 e. The maximum absolute atomic E-state index is 11.8. The Morgan fingerprint density at radius 2 is 2.18 bits per heavy atom. The van der Waals surface area contributed by atoms with E-state index in [1.807, 2.05) is 17.2 Å². The third-order valence-corrected chi connectivity index (χ3v) is 4.35. The molecular weight excluding hydrogens is 276 g/mol. The highest BCUT2D eigenvalue weighted by molar-refractivity contribution is 5.78. The molecule has 2 heterocycles. The van der Waals surface area contributed by atoms with Crippen molar-refractivity contribution in [1.29, 1.82) is 0 Å². The number of aromatic nitrogens is 2. The van der Waals surface area contributed by atoms with Crippen molar-refractivity contribution in [2.75, 3.05) is 19.6 Å². The van der Waals surface area contributed by atoms with Gasteiger partial charge in [0, 0.05) is 31.1 Å². The van der Waals surface area contributed by atoms with Gasteiger partial charge in [0.25, 0.3) is 0 Å². The lowest BCUT2D eigenvalue weighted by Crippen LogP contribution is -2.42. The van der Waals surface area contributed by atoms with Crippen LogP contribution < -0.4 is 5.73 Å². The van der Waals surface area contributed by atoms with Crippen molar-refractivity contribution in [3.63, 3.8) is 0 Å². The minimum absolute atomic E-state index is 0.0359. The van der Waals surface area contributed by atoms with E-state index in [1.165, 1.54) is 16.8 Å². The molecule has 3 N–H and O–H groups in total. The summed E-state index contributed by atoms with van der Waals surface area (Å²) >= 11 is 0. The number of aromatic amines is 1. The van der Waals surface area contributed by atoms with Gasteiger partial charge < -0.3 is 10.6 Å². The summed E-state index contributed by atoms with van der Waals surface area (Å²) < 4.78 is 0. The van der Waals surface area contributed by atoms with Crippen molar-refractivity contribution in [1.82, 2.24) is 15.1 Å². The number of rotatable bonds is 4. The monoisotopic (exact) mass is 298 g/mol. The van der Waals surface area contributed by atoms with Crippen LogP contribution in [0.15, 0.2) is 36.5 Å². The van der Waals surface area contributed by atoms with E-state index in [4.69, 9.17) is 5.73 Å². The van der Waals surface area contributed by atoms with Crippen molar-refractivity contribution < 1.29 is 4.79 Å². The predicted octanol–water partition coefficient (Wildman–Crippen LogP) is 1.67. The minimum atomic E-state index is 0.0359. The quantitative estimate of drug-likeness (QED) is 0.901. The van der Waals surface area contributed by atoms with Gasteiger partial charge >= 0.3 is 0 Å². The van der Waals surface area contributed by atoms with E-state index in [1.54, 1.807) is 0 Å². The molecule has 1 saturated heterocycles. The molecule has 0 spiro atoms. The first-order chi connectivity index (χ1) is 10.8. The largest absolute Gasteiger partial charge is 0.341 e. The summed E-state index contributed by atoms with van der Waals surface area (Å²) in [6, 6.07) is 10.4. The Morgan fingerprint density at radius 3 is 2.95 bits per heavy atom. The molecule has 1 atom stereocenters. The average Bonchev–Trinajstić information content (AvgIpc) is 3.03. The van der Waals surface area contributed by atoms with E-state index in [0.717, 1.165) is 32.4 Å². The average molecular weight is 298 g/mol. The Labute approximate surface area is 130 Å². The van der Waals surface area contributed by atoms with E-state index in [9.17, 15) is 4.79 Å². The normalized spacial score (nSPS) is 18.4. The number of hydrogen-bond donors (Lipinski definition) is 2. The van der Waals surface area contributed by atoms with Crippen LogP contribution in [0.5, 0.6) is 0 Å². The zero-order valence-electron chi connectivity index (χ0n) is 12.7. The highest BCUT2D eigenvalue weighted by Crippen LogP contribution is 2.28. The van der Waals surface area contributed by atoms with E-state index < -0.39 is 0 Å². The Hall–Kier alpha value is -2.14. The van der Waals surface area contributed by atoms with E-state index >= 15 is 0 Å². The van der Waals surface area contributed by atoms with Crippen LogP contribution in [0, 0.1) is 0 Å². The first-order valence-electron chi connectivity index (χ1n) is 7.82. The highest BCUT2D eigenvalue weighted by atomic mass is 16.2. The third kappa shape index (κ3) is 3.20. The molecule has 1 fully saturated rings. The van der Waals surface area contributed by atoms with Crippen molar-refractivity contribution in [2.45, 2.75) is 25.2 Å². The molecule has 1 amide bonds. The van der Waals surface area contributed by atoms with Crippen molar-refractivity contribution in [3.05, 3.63) is 53.3 Å². The second-order valence-electron chi connectivity index (χ2n) is 5.85. The summed E-state index contributed by atoms with van der Waals surface area (Å²) in [5.74, 6) is 0.360. The Morgan fingerprint density at radius 1 is 1.36 bits per heavy atom. The molecule has 0 unspecified atom stereocenters. The Bertz CT molecular complexity index is 623. The maximum atomic E-state index is 11.8. The molecule has 116 valence electrons. The van der Waals surface area contributed by atoms with Crippen LogP contribution in [-0.4, -0.2) is 40.6 Å². The summed E-state index contributed by atoms with van der Waals surface area (Å²) in [6.45, 7) is 1.64. The lowest BCUT2D eigenvalue weighted by atomic mass is 9.91. The van der Waals surface area contributed by atoms with Gasteiger partial charge in [-0.1, -0.05) is 30.3 Å². The predicted molar refractivity (Wildman–Crippen MR) is 85.4 cm³/mol. The molecule has 22 heavy (non-hydrogen) atoms. The fourth-order valence-corrected chi connectivity index (χ4v) is 3.20. The molecule has 1 aromatic heterocycles. The van der Waals surface area contributed by atoms with Gasteiger partial charge in [0.1, 0.15) is 0 Å². The first-order valence-corrected chi connectivity index (χ1v) is 7.82. The molecule has 3 rings (SSSR count). The van der Waals surface area contributed by atoms with Crippen LogP contribution in [0.25, 0.3) is 0 Å². The van der Waals surface area contributed by atoms with Crippen LogP contribution in [0.4, 0.5) is 0 Å². The fraction of sp³-hybridized carbons (Fsp3) is 0.412. The molecule has 0 radical (unpaired) electrons. The van der Waals surface area contributed by atoms with Gasteiger partial charge in [0.15, 0.2) is 0 Å². The topological polar surface area (TPSA) is 75.0 Å². The lowest BCUT2D eigenvalue weighted by molar-refractivity contribution is -0.130. The number of piperidine rings is 1. The summed E-state index contributed by atoms with van der Waals surface area (Å²) in [5, 5.41) is 7.38. The van der Waals surface area contributed by atoms with Crippen molar-refractivity contribution in [2.24, 2.45) is 5.73 Å². The highest BCUT2D eigenvalue weighted by Gasteiger charge is 2.26. The van der Waals surface area contributed by atoms with Gasteiger partial charge in [-0.25, -0.2) is 0 Å². The van der Waals surface area contributed by atoms with Crippen LogP contribution in [0.2, 0.25) is 0 Å². The summed E-state index contributed by atoms with van der Waals surface area (Å²) in [6.07, 6.45) is 4.87. The number of nitrogens with zero attached hydrogens (tertiary/aromatic N) is 2. The number of carbonyl (C=O) groups is 1. The number of nitrogens with two attached hydrogens (primary N) is 1. The van der Waals surface area contributed by atoms with Gasteiger partial charge in [-0.15, -0.1) is 0 Å². The number of carbonyl (C=O) groups excluding carboxylic acids is 1. The molecule has 2 aromatic rings. The van der Waals surface area contributed by atoms with Gasteiger partial charge in [0.05, 0.1) is 12.7 Å². The molecule has 0 saturated carbocycles. The number of benzene rings is 1. The number of likely N-dealkylation sites (tertiary alicyclic amines) is 1. The molecule has 1 aliphatic rings. The molecule has 0 aliphatic carbocycles. The number of hydrogen-bond acceptors (Lipinski definition) is 3.